The molecule has 0 spiro atoms. The maximum atomic E-state index is 11.8. The third-order valence-corrected chi connectivity index (χ3v) is 3.73. The number of carbonyl (C=O) groups is 1. The van der Waals surface area contributed by atoms with Gasteiger partial charge in [-0.2, -0.15) is 0 Å². The zero-order chi connectivity index (χ0) is 13.5. The molecule has 1 aliphatic carbocycles. The van der Waals surface area contributed by atoms with Crippen LogP contribution < -0.4 is 5.32 Å². The highest BCUT2D eigenvalue weighted by molar-refractivity contribution is 6.52. The van der Waals surface area contributed by atoms with Crippen molar-refractivity contribution in [2.45, 2.75) is 10.8 Å². The predicted molar refractivity (Wildman–Crippen MR) is 70.3 cm³/mol. The lowest BCUT2D eigenvalue weighted by atomic mass is 10.2. The summed E-state index contributed by atoms with van der Waals surface area (Å²) in [6.45, 7) is 0. The summed E-state index contributed by atoms with van der Waals surface area (Å²) >= 11 is 11.7. The SMILES string of the molecule is O=C(Nc1ccc(-n2cnnn2)cc1)C1CC1(Cl)Cl. The first kappa shape index (κ1) is 12.4. The number of nitrogens with one attached hydrogen (secondary N) is 1. The van der Waals surface area contributed by atoms with Crippen molar-refractivity contribution in [1.82, 2.24) is 20.2 Å². The van der Waals surface area contributed by atoms with Crippen LogP contribution in [0.2, 0.25) is 0 Å². The molecule has 1 N–H and O–H groups in total. The van der Waals surface area contributed by atoms with Crippen molar-refractivity contribution >= 4 is 34.8 Å². The Morgan fingerprint density at radius 1 is 1.37 bits per heavy atom. The first-order valence-electron chi connectivity index (χ1n) is 5.58. The molecule has 1 amide bonds. The van der Waals surface area contributed by atoms with Gasteiger partial charge in [-0.05, 0) is 41.1 Å². The van der Waals surface area contributed by atoms with E-state index in [-0.39, 0.29) is 11.8 Å². The largest absolute Gasteiger partial charge is 0.326 e. The molecule has 19 heavy (non-hydrogen) atoms. The minimum absolute atomic E-state index is 0.167. The predicted octanol–water partition coefficient (Wildman–Crippen LogP) is 1.79. The Kier molecular flexibility index (Phi) is 2.91. The molecule has 3 rings (SSSR count). The van der Waals surface area contributed by atoms with Gasteiger partial charge >= 0.3 is 0 Å². The summed E-state index contributed by atoms with van der Waals surface area (Å²) in [6, 6.07) is 7.13. The molecule has 1 unspecified atom stereocenters. The summed E-state index contributed by atoms with van der Waals surface area (Å²) in [4.78, 5) is 11.8. The van der Waals surface area contributed by atoms with E-state index >= 15 is 0 Å². The van der Waals surface area contributed by atoms with Crippen LogP contribution in [0.5, 0.6) is 0 Å². The van der Waals surface area contributed by atoms with E-state index in [4.69, 9.17) is 23.2 Å². The van der Waals surface area contributed by atoms with Crippen molar-refractivity contribution in [3.63, 3.8) is 0 Å². The molecular formula is C11H9Cl2N5O. The minimum Gasteiger partial charge on any atom is -0.326 e. The Bertz CT molecular complexity index is 596. The number of hydrogen-bond acceptors (Lipinski definition) is 4. The number of alkyl halides is 2. The zero-order valence-electron chi connectivity index (χ0n) is 9.62. The van der Waals surface area contributed by atoms with Crippen LogP contribution in [-0.4, -0.2) is 30.4 Å². The Labute approximate surface area is 118 Å². The lowest BCUT2D eigenvalue weighted by Gasteiger charge is -2.06. The molecule has 1 aliphatic rings. The highest BCUT2D eigenvalue weighted by Gasteiger charge is 2.56. The van der Waals surface area contributed by atoms with Crippen molar-refractivity contribution in [1.29, 1.82) is 0 Å². The van der Waals surface area contributed by atoms with Gasteiger partial charge in [-0.1, -0.05) is 0 Å². The van der Waals surface area contributed by atoms with E-state index in [1.807, 2.05) is 0 Å². The number of carbonyl (C=O) groups excluding carboxylic acids is 1. The molecule has 0 saturated heterocycles. The molecule has 1 heterocycles. The van der Waals surface area contributed by atoms with Gasteiger partial charge in [0.05, 0.1) is 11.6 Å². The molecule has 1 fully saturated rings. The first-order chi connectivity index (χ1) is 9.06. The molecule has 1 saturated carbocycles. The number of tetrazole rings is 1. The van der Waals surface area contributed by atoms with Gasteiger partial charge in [0.15, 0.2) is 0 Å². The zero-order valence-corrected chi connectivity index (χ0v) is 11.1. The van der Waals surface area contributed by atoms with E-state index in [0.717, 1.165) is 5.69 Å². The fraction of sp³-hybridized carbons (Fsp3) is 0.273. The number of anilines is 1. The Hall–Kier alpha value is -1.66. The van der Waals surface area contributed by atoms with Crippen molar-refractivity contribution in [2.24, 2.45) is 5.92 Å². The summed E-state index contributed by atoms with van der Waals surface area (Å²) in [5, 5.41) is 13.6. The maximum absolute atomic E-state index is 11.8. The highest BCUT2D eigenvalue weighted by atomic mass is 35.5. The van der Waals surface area contributed by atoms with Gasteiger partial charge in [0.25, 0.3) is 0 Å². The van der Waals surface area contributed by atoms with Crippen molar-refractivity contribution in [3.05, 3.63) is 30.6 Å². The van der Waals surface area contributed by atoms with Crippen molar-refractivity contribution in [2.75, 3.05) is 5.32 Å². The topological polar surface area (TPSA) is 72.7 Å². The third kappa shape index (κ3) is 2.54. The summed E-state index contributed by atoms with van der Waals surface area (Å²) in [7, 11) is 0. The highest BCUT2D eigenvalue weighted by Crippen LogP contribution is 2.53. The fourth-order valence-corrected chi connectivity index (χ4v) is 2.21. The molecule has 8 heteroatoms. The summed E-state index contributed by atoms with van der Waals surface area (Å²) in [5.74, 6) is -0.504. The molecule has 2 aromatic rings. The second kappa shape index (κ2) is 4.47. The van der Waals surface area contributed by atoms with E-state index in [0.29, 0.717) is 12.1 Å². The molecule has 1 aromatic carbocycles. The second-order valence-electron chi connectivity index (χ2n) is 4.31. The van der Waals surface area contributed by atoms with Crippen molar-refractivity contribution in [3.8, 4) is 5.69 Å². The summed E-state index contributed by atoms with van der Waals surface area (Å²) in [6.07, 6.45) is 1.98. The van der Waals surface area contributed by atoms with E-state index in [9.17, 15) is 4.79 Å². The molecule has 6 nitrogen and oxygen atoms in total. The average Bonchev–Trinajstić information content (AvgIpc) is 2.81. The number of halogens is 2. The van der Waals surface area contributed by atoms with Gasteiger partial charge in [-0.15, -0.1) is 28.3 Å². The van der Waals surface area contributed by atoms with E-state index < -0.39 is 4.33 Å². The Morgan fingerprint density at radius 2 is 2.05 bits per heavy atom. The minimum atomic E-state index is -0.906. The lowest BCUT2D eigenvalue weighted by molar-refractivity contribution is -0.117. The molecule has 98 valence electrons. The number of rotatable bonds is 3. The standard InChI is InChI=1S/C11H9Cl2N5O/c12-11(13)5-9(11)10(19)15-7-1-3-8(4-2-7)18-6-14-16-17-18/h1-4,6,9H,5H2,(H,15,19). The normalized spacial score (nSPS) is 20.0. The summed E-state index contributed by atoms with van der Waals surface area (Å²) < 4.78 is 0.617. The van der Waals surface area contributed by atoms with Gasteiger partial charge in [0.2, 0.25) is 5.91 Å². The number of aromatic nitrogens is 4. The monoisotopic (exact) mass is 297 g/mol. The van der Waals surface area contributed by atoms with Gasteiger partial charge in [-0.25, -0.2) is 4.68 Å². The summed E-state index contributed by atoms with van der Waals surface area (Å²) in [5.41, 5.74) is 1.48. The van der Waals surface area contributed by atoms with Crippen molar-refractivity contribution < 1.29 is 4.79 Å². The van der Waals surface area contributed by atoms with Crippen LogP contribution in [0, 0.1) is 5.92 Å². The van der Waals surface area contributed by atoms with Crippen LogP contribution in [-0.2, 0) is 4.79 Å². The van der Waals surface area contributed by atoms with E-state index in [2.05, 4.69) is 20.8 Å². The fourth-order valence-electron chi connectivity index (χ4n) is 1.70. The van der Waals surface area contributed by atoms with E-state index in [1.54, 1.807) is 24.3 Å². The number of amides is 1. The first-order valence-corrected chi connectivity index (χ1v) is 6.34. The third-order valence-electron chi connectivity index (χ3n) is 2.89. The van der Waals surface area contributed by atoms with Crippen LogP contribution in [0.4, 0.5) is 5.69 Å². The molecular weight excluding hydrogens is 289 g/mol. The molecule has 0 radical (unpaired) electrons. The van der Waals surface area contributed by atoms with Gasteiger partial charge in [-0.3, -0.25) is 4.79 Å². The molecule has 0 aliphatic heterocycles. The van der Waals surface area contributed by atoms with Crippen LogP contribution in [0.3, 0.4) is 0 Å². The van der Waals surface area contributed by atoms with Gasteiger partial charge in [0.1, 0.15) is 10.7 Å². The Balaban J connectivity index is 1.68. The number of nitrogens with zero attached hydrogens (tertiary/aromatic N) is 4. The Morgan fingerprint density at radius 3 is 2.58 bits per heavy atom. The number of hydrogen-bond donors (Lipinski definition) is 1. The molecule has 0 bridgehead atoms. The number of benzene rings is 1. The molecule has 1 atom stereocenters. The lowest BCUT2D eigenvalue weighted by Crippen LogP contribution is -2.16. The quantitative estimate of drug-likeness (QED) is 0.877. The average molecular weight is 298 g/mol. The smallest absolute Gasteiger partial charge is 0.230 e. The van der Waals surface area contributed by atoms with Gasteiger partial charge in [0, 0.05) is 5.69 Å². The van der Waals surface area contributed by atoms with Crippen LogP contribution in [0.1, 0.15) is 6.42 Å². The van der Waals surface area contributed by atoms with Crippen LogP contribution in [0.15, 0.2) is 30.6 Å². The van der Waals surface area contributed by atoms with Gasteiger partial charge < -0.3 is 5.32 Å². The van der Waals surface area contributed by atoms with E-state index in [1.165, 1.54) is 11.0 Å². The molecule has 1 aromatic heterocycles. The van der Waals surface area contributed by atoms with Crippen LogP contribution >= 0.6 is 23.2 Å². The second-order valence-corrected chi connectivity index (χ2v) is 5.85. The maximum Gasteiger partial charge on any atom is 0.230 e. The van der Waals surface area contributed by atoms with Crippen LogP contribution in [0.25, 0.3) is 5.69 Å².